The summed E-state index contributed by atoms with van der Waals surface area (Å²) in [5, 5.41) is 13.2. The molecule has 1 heterocycles. The van der Waals surface area contributed by atoms with E-state index < -0.39 is 6.10 Å². The Morgan fingerprint density at radius 1 is 1.13 bits per heavy atom. The second-order valence-electron chi connectivity index (χ2n) is 7.48. The van der Waals surface area contributed by atoms with Gasteiger partial charge in [-0.15, -0.1) is 0 Å². The van der Waals surface area contributed by atoms with Crippen molar-refractivity contribution in [1.29, 1.82) is 0 Å². The van der Waals surface area contributed by atoms with Gasteiger partial charge in [-0.05, 0) is 37.6 Å². The zero-order chi connectivity index (χ0) is 22.5. The lowest BCUT2D eigenvalue weighted by Gasteiger charge is -2.35. The average Bonchev–Trinajstić information content (AvgIpc) is 2.77. The molecule has 0 bridgehead atoms. The predicted octanol–water partition coefficient (Wildman–Crippen LogP) is 0.373. The third-order valence-corrected chi connectivity index (χ3v) is 4.96. The minimum atomic E-state index is -0.625. The van der Waals surface area contributed by atoms with Gasteiger partial charge in [0, 0.05) is 53.0 Å². The van der Waals surface area contributed by atoms with Crippen LogP contribution in [0.2, 0.25) is 0 Å². The number of aliphatic hydroxyl groups is 1. The van der Waals surface area contributed by atoms with Crippen molar-refractivity contribution in [3.05, 3.63) is 29.8 Å². The van der Waals surface area contributed by atoms with Crippen molar-refractivity contribution in [2.24, 2.45) is 0 Å². The molecule has 0 radical (unpaired) electrons. The van der Waals surface area contributed by atoms with E-state index >= 15 is 0 Å². The van der Waals surface area contributed by atoms with Crippen molar-refractivity contribution in [3.63, 3.8) is 0 Å². The zero-order valence-electron chi connectivity index (χ0n) is 18.5. The summed E-state index contributed by atoms with van der Waals surface area (Å²) in [5.41, 5.74) is 0.469. The smallest absolute Gasteiger partial charge is 0.338 e. The number of nitrogens with zero attached hydrogens (tertiary/aromatic N) is 2. The quantitative estimate of drug-likeness (QED) is 0.337. The van der Waals surface area contributed by atoms with E-state index in [2.05, 4.69) is 15.1 Å². The fourth-order valence-electron chi connectivity index (χ4n) is 3.28. The van der Waals surface area contributed by atoms with E-state index in [0.717, 1.165) is 32.6 Å². The van der Waals surface area contributed by atoms with Crippen LogP contribution in [-0.2, 0) is 14.3 Å². The molecule has 31 heavy (non-hydrogen) atoms. The first-order valence-corrected chi connectivity index (χ1v) is 10.8. The summed E-state index contributed by atoms with van der Waals surface area (Å²) < 4.78 is 15.5. The largest absolute Gasteiger partial charge is 0.491 e. The number of ether oxygens (including phenoxy) is 3. The van der Waals surface area contributed by atoms with Gasteiger partial charge in [-0.25, -0.2) is 4.79 Å². The van der Waals surface area contributed by atoms with Crippen LogP contribution in [0.1, 0.15) is 23.7 Å². The number of esters is 1. The molecular formula is C22H35N3O6. The van der Waals surface area contributed by atoms with Crippen molar-refractivity contribution in [2.45, 2.75) is 19.4 Å². The Morgan fingerprint density at radius 3 is 2.45 bits per heavy atom. The molecule has 1 saturated heterocycles. The summed E-state index contributed by atoms with van der Waals surface area (Å²) in [6.07, 6.45) is 0.186. The maximum atomic E-state index is 12.0. The minimum absolute atomic E-state index is 0.0342. The lowest BCUT2D eigenvalue weighted by Crippen LogP contribution is -2.51. The maximum absolute atomic E-state index is 12.0. The third kappa shape index (κ3) is 9.65. The van der Waals surface area contributed by atoms with Gasteiger partial charge < -0.3 is 24.6 Å². The molecule has 2 rings (SSSR count). The van der Waals surface area contributed by atoms with Gasteiger partial charge in [-0.1, -0.05) is 0 Å². The van der Waals surface area contributed by atoms with Crippen molar-refractivity contribution >= 4 is 11.9 Å². The second kappa shape index (κ2) is 14.0. The highest BCUT2D eigenvalue weighted by Crippen LogP contribution is 2.13. The van der Waals surface area contributed by atoms with Crippen LogP contribution in [0.4, 0.5) is 0 Å². The molecule has 2 N–H and O–H groups in total. The SMILES string of the molecule is CCOC(=O)c1ccc(OC[C@@H](O)CN2CCN(CC(=O)NCCCOC)CC2)cc1. The highest BCUT2D eigenvalue weighted by Gasteiger charge is 2.21. The Morgan fingerprint density at radius 2 is 1.81 bits per heavy atom. The Kier molecular flexibility index (Phi) is 11.3. The van der Waals surface area contributed by atoms with Crippen LogP contribution >= 0.6 is 0 Å². The van der Waals surface area contributed by atoms with Crippen LogP contribution in [0.25, 0.3) is 0 Å². The van der Waals surface area contributed by atoms with Crippen LogP contribution < -0.4 is 10.1 Å². The van der Waals surface area contributed by atoms with E-state index in [9.17, 15) is 14.7 Å². The number of nitrogens with one attached hydrogen (secondary N) is 1. The number of carbonyl (C=O) groups excluding carboxylic acids is 2. The highest BCUT2D eigenvalue weighted by molar-refractivity contribution is 5.89. The predicted molar refractivity (Wildman–Crippen MR) is 116 cm³/mol. The molecule has 0 aromatic heterocycles. The van der Waals surface area contributed by atoms with Crippen LogP contribution in [0.15, 0.2) is 24.3 Å². The number of amides is 1. The average molecular weight is 438 g/mol. The van der Waals surface area contributed by atoms with Gasteiger partial charge in [0.25, 0.3) is 0 Å². The molecule has 9 heteroatoms. The van der Waals surface area contributed by atoms with Crippen LogP contribution in [-0.4, -0.2) is 106 Å². The van der Waals surface area contributed by atoms with Gasteiger partial charge in [0.1, 0.15) is 18.5 Å². The van der Waals surface area contributed by atoms with Crippen molar-refractivity contribution in [1.82, 2.24) is 15.1 Å². The first-order valence-electron chi connectivity index (χ1n) is 10.8. The molecule has 9 nitrogen and oxygen atoms in total. The number of aliphatic hydroxyl groups excluding tert-OH is 1. The molecule has 1 atom stereocenters. The van der Waals surface area contributed by atoms with Gasteiger partial charge in [-0.2, -0.15) is 0 Å². The number of benzene rings is 1. The Balaban J connectivity index is 1.61. The Bertz CT molecular complexity index is 662. The number of β-amino-alcohol motifs (C(OH)–C–C–N with tert-alkyl or cyclic N) is 1. The monoisotopic (exact) mass is 437 g/mol. The molecule has 1 fully saturated rings. The number of hydrogen-bond donors (Lipinski definition) is 2. The maximum Gasteiger partial charge on any atom is 0.338 e. The lowest BCUT2D eigenvalue weighted by atomic mass is 10.2. The lowest BCUT2D eigenvalue weighted by molar-refractivity contribution is -0.122. The van der Waals surface area contributed by atoms with E-state index in [0.29, 0.717) is 44.2 Å². The van der Waals surface area contributed by atoms with Crippen molar-refractivity contribution in [2.75, 3.05) is 72.7 Å². The molecule has 1 aliphatic rings. The highest BCUT2D eigenvalue weighted by atomic mass is 16.5. The van der Waals surface area contributed by atoms with E-state index in [4.69, 9.17) is 14.2 Å². The van der Waals surface area contributed by atoms with Crippen LogP contribution in [0.3, 0.4) is 0 Å². The van der Waals surface area contributed by atoms with Gasteiger partial charge in [0.15, 0.2) is 0 Å². The summed E-state index contributed by atoms with van der Waals surface area (Å²) >= 11 is 0. The zero-order valence-corrected chi connectivity index (χ0v) is 18.5. The molecule has 1 aromatic rings. The molecule has 0 aliphatic carbocycles. The molecular weight excluding hydrogens is 402 g/mol. The van der Waals surface area contributed by atoms with Crippen LogP contribution in [0.5, 0.6) is 5.75 Å². The molecule has 1 aliphatic heterocycles. The van der Waals surface area contributed by atoms with Gasteiger partial charge >= 0.3 is 5.97 Å². The van der Waals surface area contributed by atoms with Gasteiger partial charge in [-0.3, -0.25) is 14.6 Å². The summed E-state index contributed by atoms with van der Waals surface area (Å²) in [4.78, 5) is 27.9. The summed E-state index contributed by atoms with van der Waals surface area (Å²) in [6, 6.07) is 6.68. The van der Waals surface area contributed by atoms with Gasteiger partial charge in [0.2, 0.25) is 5.91 Å². The minimum Gasteiger partial charge on any atom is -0.491 e. The standard InChI is InChI=1S/C22H35N3O6/c1-3-30-22(28)18-5-7-20(8-6-18)31-17-19(26)15-24-10-12-25(13-11-24)16-21(27)23-9-4-14-29-2/h5-8,19,26H,3-4,9-17H2,1-2H3,(H,23,27)/t19-/m0/s1. The van der Waals surface area contributed by atoms with Crippen molar-refractivity contribution < 1.29 is 28.9 Å². The number of hydrogen-bond acceptors (Lipinski definition) is 8. The number of piperazine rings is 1. The molecule has 174 valence electrons. The second-order valence-corrected chi connectivity index (χ2v) is 7.48. The van der Waals surface area contributed by atoms with Crippen molar-refractivity contribution in [3.8, 4) is 5.75 Å². The summed E-state index contributed by atoms with van der Waals surface area (Å²) in [5.74, 6) is 0.261. The molecule has 1 amide bonds. The topological polar surface area (TPSA) is 101 Å². The summed E-state index contributed by atoms with van der Waals surface area (Å²) in [6.45, 7) is 7.61. The third-order valence-electron chi connectivity index (χ3n) is 4.96. The normalized spacial score (nSPS) is 16.0. The van der Waals surface area contributed by atoms with E-state index in [-0.39, 0.29) is 18.5 Å². The van der Waals surface area contributed by atoms with Gasteiger partial charge in [0.05, 0.1) is 18.7 Å². The molecule has 1 aromatic carbocycles. The van der Waals surface area contributed by atoms with E-state index in [1.165, 1.54) is 0 Å². The van der Waals surface area contributed by atoms with Crippen LogP contribution in [0, 0.1) is 0 Å². The molecule has 0 spiro atoms. The summed E-state index contributed by atoms with van der Waals surface area (Å²) in [7, 11) is 1.65. The van der Waals surface area contributed by atoms with E-state index in [1.807, 2.05) is 0 Å². The fraction of sp³-hybridized carbons (Fsp3) is 0.636. The number of rotatable bonds is 13. The first-order chi connectivity index (χ1) is 15.0. The first kappa shape index (κ1) is 25.1. The van der Waals surface area contributed by atoms with E-state index in [1.54, 1.807) is 38.3 Å². The molecule has 0 unspecified atom stereocenters. The number of carbonyl (C=O) groups is 2. The molecule has 0 saturated carbocycles. The number of methoxy groups -OCH3 is 1. The Labute approximate surface area is 184 Å². The fourth-order valence-corrected chi connectivity index (χ4v) is 3.28. The Hall–Kier alpha value is -2.20.